The van der Waals surface area contributed by atoms with Crippen LogP contribution < -0.4 is 14.8 Å². The number of nitrogens with zero attached hydrogens (tertiary/aromatic N) is 1. The van der Waals surface area contributed by atoms with Crippen molar-refractivity contribution in [2.24, 2.45) is 0 Å². The number of aryl methyl sites for hydroxylation is 1. The maximum Gasteiger partial charge on any atom is 0.262 e. The lowest BCUT2D eigenvalue weighted by atomic mass is 10.1. The van der Waals surface area contributed by atoms with E-state index in [1.165, 1.54) is 0 Å². The molecule has 0 aliphatic heterocycles. The lowest BCUT2D eigenvalue weighted by molar-refractivity contribution is -0.118. The predicted molar refractivity (Wildman–Crippen MR) is 108 cm³/mol. The Balaban J connectivity index is 1.74. The molecule has 0 spiro atoms. The van der Waals surface area contributed by atoms with E-state index in [-0.39, 0.29) is 12.5 Å². The van der Waals surface area contributed by atoms with Crippen LogP contribution in [0.5, 0.6) is 11.5 Å². The third kappa shape index (κ3) is 4.37. The summed E-state index contributed by atoms with van der Waals surface area (Å²) in [4.78, 5) is 16.8. The summed E-state index contributed by atoms with van der Waals surface area (Å²) in [5.41, 5.74) is 3.60. The molecule has 5 heteroatoms. The van der Waals surface area contributed by atoms with Gasteiger partial charge in [0.15, 0.2) is 6.61 Å². The molecule has 140 valence electrons. The zero-order valence-electron chi connectivity index (χ0n) is 15.9. The number of aromatic nitrogens is 1. The van der Waals surface area contributed by atoms with Crippen LogP contribution in [-0.4, -0.2) is 24.1 Å². The van der Waals surface area contributed by atoms with Gasteiger partial charge in [-0.2, -0.15) is 0 Å². The van der Waals surface area contributed by atoms with E-state index in [1.807, 2.05) is 56.3 Å². The molecule has 2 aromatic carbocycles. The Morgan fingerprint density at radius 1 is 1.04 bits per heavy atom. The van der Waals surface area contributed by atoms with Gasteiger partial charge < -0.3 is 14.8 Å². The van der Waals surface area contributed by atoms with Crippen molar-refractivity contribution in [3.63, 3.8) is 0 Å². The highest BCUT2D eigenvalue weighted by Crippen LogP contribution is 2.30. The van der Waals surface area contributed by atoms with E-state index < -0.39 is 0 Å². The van der Waals surface area contributed by atoms with Gasteiger partial charge in [0.25, 0.3) is 5.91 Å². The van der Waals surface area contributed by atoms with E-state index in [0.717, 1.165) is 39.9 Å². The summed E-state index contributed by atoms with van der Waals surface area (Å²) in [6.07, 6.45) is 2.64. The number of carbonyl (C=O) groups excluding carboxylic acids is 1. The van der Waals surface area contributed by atoms with Gasteiger partial charge in [-0.05, 0) is 61.7 Å². The Bertz CT molecular complexity index is 953. The highest BCUT2D eigenvalue weighted by molar-refractivity contribution is 6.03. The molecule has 0 radical (unpaired) electrons. The maximum atomic E-state index is 12.4. The topological polar surface area (TPSA) is 60.5 Å². The molecule has 0 bridgehead atoms. The normalized spacial score (nSPS) is 10.6. The predicted octanol–water partition coefficient (Wildman–Crippen LogP) is 4.66. The van der Waals surface area contributed by atoms with E-state index in [4.69, 9.17) is 9.47 Å². The minimum absolute atomic E-state index is 0.0554. The first kappa shape index (κ1) is 18.7. The molecule has 5 nitrogen and oxygen atoms in total. The number of hydrogen-bond acceptors (Lipinski definition) is 4. The van der Waals surface area contributed by atoms with Crippen LogP contribution in [0.2, 0.25) is 0 Å². The van der Waals surface area contributed by atoms with E-state index >= 15 is 0 Å². The van der Waals surface area contributed by atoms with Crippen LogP contribution >= 0.6 is 0 Å². The molecule has 1 N–H and O–H groups in total. The summed E-state index contributed by atoms with van der Waals surface area (Å²) in [5, 5.41) is 3.75. The standard InChI is InChI=1S/C22H24N2O3/c1-4-13-26-20-11-10-18(17-8-6-12-23-22(17)20)24-21(25)14-27-19-9-5-7-15(2)16(19)3/h5-12H,4,13-14H2,1-3H3,(H,24,25). The van der Waals surface area contributed by atoms with Crippen molar-refractivity contribution in [3.05, 3.63) is 59.8 Å². The van der Waals surface area contributed by atoms with Crippen molar-refractivity contribution in [2.45, 2.75) is 27.2 Å². The van der Waals surface area contributed by atoms with E-state index in [9.17, 15) is 4.79 Å². The number of carbonyl (C=O) groups is 1. The number of benzene rings is 2. The van der Waals surface area contributed by atoms with Crippen molar-refractivity contribution in [3.8, 4) is 11.5 Å². The number of ether oxygens (including phenoxy) is 2. The van der Waals surface area contributed by atoms with Gasteiger partial charge in [0.2, 0.25) is 0 Å². The lowest BCUT2D eigenvalue weighted by Crippen LogP contribution is -2.20. The number of amides is 1. The number of fused-ring (bicyclic) bond motifs is 1. The van der Waals surface area contributed by atoms with Crippen LogP contribution in [0.4, 0.5) is 5.69 Å². The van der Waals surface area contributed by atoms with Crippen molar-refractivity contribution in [1.29, 1.82) is 0 Å². The van der Waals surface area contributed by atoms with Crippen LogP contribution in [0.15, 0.2) is 48.7 Å². The van der Waals surface area contributed by atoms with Crippen LogP contribution in [0.1, 0.15) is 24.5 Å². The Morgan fingerprint density at radius 3 is 2.70 bits per heavy atom. The summed E-state index contributed by atoms with van der Waals surface area (Å²) in [6, 6.07) is 13.2. The molecule has 27 heavy (non-hydrogen) atoms. The first-order chi connectivity index (χ1) is 13.1. The Kier molecular flexibility index (Phi) is 5.91. The zero-order chi connectivity index (χ0) is 19.2. The molecule has 1 heterocycles. The van der Waals surface area contributed by atoms with Crippen molar-refractivity contribution < 1.29 is 14.3 Å². The zero-order valence-corrected chi connectivity index (χ0v) is 15.9. The summed E-state index contributed by atoms with van der Waals surface area (Å²) >= 11 is 0. The first-order valence-corrected chi connectivity index (χ1v) is 9.09. The fourth-order valence-electron chi connectivity index (χ4n) is 2.79. The molecule has 0 aliphatic carbocycles. The minimum Gasteiger partial charge on any atom is -0.491 e. The molecule has 0 aliphatic rings. The molecular formula is C22H24N2O3. The molecule has 0 unspecified atom stereocenters. The molecule has 3 rings (SSSR count). The first-order valence-electron chi connectivity index (χ1n) is 9.09. The molecule has 0 fully saturated rings. The second-order valence-corrected chi connectivity index (χ2v) is 6.39. The molecule has 3 aromatic rings. The van der Waals surface area contributed by atoms with Crippen LogP contribution in [0.25, 0.3) is 10.9 Å². The summed E-state index contributed by atoms with van der Waals surface area (Å²) in [7, 11) is 0. The van der Waals surface area contributed by atoms with Gasteiger partial charge >= 0.3 is 0 Å². The van der Waals surface area contributed by atoms with Gasteiger partial charge in [0.05, 0.1) is 12.3 Å². The van der Waals surface area contributed by atoms with E-state index in [0.29, 0.717) is 12.3 Å². The summed E-state index contributed by atoms with van der Waals surface area (Å²) in [5.74, 6) is 1.22. The largest absolute Gasteiger partial charge is 0.491 e. The molecule has 1 amide bonds. The number of nitrogens with one attached hydrogen (secondary N) is 1. The third-order valence-electron chi connectivity index (χ3n) is 4.38. The summed E-state index contributed by atoms with van der Waals surface area (Å²) in [6.45, 7) is 6.63. The smallest absolute Gasteiger partial charge is 0.262 e. The molecular weight excluding hydrogens is 340 g/mol. The third-order valence-corrected chi connectivity index (χ3v) is 4.38. The fourth-order valence-corrected chi connectivity index (χ4v) is 2.79. The SMILES string of the molecule is CCCOc1ccc(NC(=O)COc2cccc(C)c2C)c2cccnc12. The number of rotatable bonds is 7. The number of pyridine rings is 1. The summed E-state index contributed by atoms with van der Waals surface area (Å²) < 4.78 is 11.4. The van der Waals surface area contributed by atoms with Crippen molar-refractivity contribution >= 4 is 22.5 Å². The quantitative estimate of drug-likeness (QED) is 0.662. The number of anilines is 1. The van der Waals surface area contributed by atoms with Gasteiger partial charge in [-0.3, -0.25) is 9.78 Å². The van der Waals surface area contributed by atoms with E-state index in [2.05, 4.69) is 17.2 Å². The van der Waals surface area contributed by atoms with Gasteiger partial charge in [-0.1, -0.05) is 19.1 Å². The minimum atomic E-state index is -0.219. The van der Waals surface area contributed by atoms with Gasteiger partial charge in [-0.15, -0.1) is 0 Å². The van der Waals surface area contributed by atoms with Crippen LogP contribution in [0.3, 0.4) is 0 Å². The second-order valence-electron chi connectivity index (χ2n) is 6.39. The second kappa shape index (κ2) is 8.54. The maximum absolute atomic E-state index is 12.4. The molecule has 0 saturated heterocycles. The average molecular weight is 364 g/mol. The highest BCUT2D eigenvalue weighted by atomic mass is 16.5. The Morgan fingerprint density at radius 2 is 1.89 bits per heavy atom. The van der Waals surface area contributed by atoms with Crippen LogP contribution in [0, 0.1) is 13.8 Å². The van der Waals surface area contributed by atoms with Crippen LogP contribution in [-0.2, 0) is 4.79 Å². The monoisotopic (exact) mass is 364 g/mol. The molecule has 1 aromatic heterocycles. The average Bonchev–Trinajstić information content (AvgIpc) is 2.68. The van der Waals surface area contributed by atoms with E-state index in [1.54, 1.807) is 6.20 Å². The Hall–Kier alpha value is -3.08. The van der Waals surface area contributed by atoms with Crippen molar-refractivity contribution in [1.82, 2.24) is 4.98 Å². The Labute approximate surface area is 159 Å². The lowest BCUT2D eigenvalue weighted by Gasteiger charge is -2.13. The molecule has 0 saturated carbocycles. The molecule has 0 atom stereocenters. The van der Waals surface area contributed by atoms with Gasteiger partial charge in [0, 0.05) is 11.6 Å². The fraction of sp³-hybridized carbons (Fsp3) is 0.273. The highest BCUT2D eigenvalue weighted by Gasteiger charge is 2.12. The van der Waals surface area contributed by atoms with Crippen molar-refractivity contribution in [2.75, 3.05) is 18.5 Å². The van der Waals surface area contributed by atoms with Gasteiger partial charge in [-0.25, -0.2) is 0 Å². The van der Waals surface area contributed by atoms with Gasteiger partial charge in [0.1, 0.15) is 17.0 Å². The number of hydrogen-bond donors (Lipinski definition) is 1.